The molecule has 0 bridgehead atoms. The van der Waals surface area contributed by atoms with Gasteiger partial charge in [0.25, 0.3) is 0 Å². The van der Waals surface area contributed by atoms with Crippen LogP contribution in [-0.4, -0.2) is 34.9 Å². The summed E-state index contributed by atoms with van der Waals surface area (Å²) in [6, 6.07) is 3.47. The molecule has 1 aliphatic heterocycles. The Morgan fingerprint density at radius 3 is 2.50 bits per heavy atom. The lowest BCUT2D eigenvalue weighted by Gasteiger charge is -2.20. The number of pyridine rings is 1. The number of allylic oxidation sites excluding steroid dienone is 1. The monoisotopic (exact) mass is 440 g/mol. The number of sulfone groups is 1. The topological polar surface area (TPSA) is 113 Å². The zero-order valence-electron chi connectivity index (χ0n) is 16.6. The Balaban J connectivity index is 2.24. The molecule has 30 heavy (non-hydrogen) atoms. The van der Waals surface area contributed by atoms with E-state index in [1.54, 1.807) is 13.8 Å². The van der Waals surface area contributed by atoms with Crippen molar-refractivity contribution in [3.63, 3.8) is 0 Å². The first-order valence-electron chi connectivity index (χ1n) is 8.84. The molecule has 2 aromatic rings. The highest BCUT2D eigenvalue weighted by Gasteiger charge is 2.37. The summed E-state index contributed by atoms with van der Waals surface area (Å²) in [5.41, 5.74) is 2.87. The number of halogens is 3. The fourth-order valence-corrected chi connectivity index (χ4v) is 3.90. The summed E-state index contributed by atoms with van der Waals surface area (Å²) in [4.78, 5) is 8.31. The van der Waals surface area contributed by atoms with Crippen molar-refractivity contribution in [2.24, 2.45) is 7.05 Å². The molecule has 1 aliphatic rings. The molecule has 0 saturated carbocycles. The number of alkyl halides is 3. The van der Waals surface area contributed by atoms with Crippen LogP contribution < -0.4 is 10.9 Å². The van der Waals surface area contributed by atoms with E-state index in [4.69, 9.17) is 0 Å². The van der Waals surface area contributed by atoms with Crippen LogP contribution in [0.1, 0.15) is 32.0 Å². The minimum absolute atomic E-state index is 0.00463. The van der Waals surface area contributed by atoms with Gasteiger partial charge in [-0.2, -0.15) is 18.4 Å². The second-order valence-corrected chi connectivity index (χ2v) is 9.49. The highest BCUT2D eigenvalue weighted by atomic mass is 32.2. The highest BCUT2D eigenvalue weighted by molar-refractivity contribution is 7.91. The van der Waals surface area contributed by atoms with Crippen LogP contribution >= 0.6 is 0 Å². The number of hydrogen-bond acceptors (Lipinski definition) is 7. The molecule has 3 heterocycles. The summed E-state index contributed by atoms with van der Waals surface area (Å²) < 4.78 is 65.9. The van der Waals surface area contributed by atoms with Gasteiger partial charge in [0, 0.05) is 13.2 Å². The molecule has 0 spiro atoms. The predicted molar refractivity (Wildman–Crippen MR) is 104 cm³/mol. The van der Waals surface area contributed by atoms with Gasteiger partial charge in [-0.05, 0) is 31.6 Å². The molecule has 8 nitrogen and oxygen atoms in total. The largest absolute Gasteiger partial charge is 0.432 e. The standard InChI is InChI=1S/C18H19F3N6O2S/c1-5-30(28,29)12-6-10(17(2,3)9-22)8-23-14(12)16-24-11-7-13(18(19,20)21)25-26-15(11)27(16)4/h6-8,25-26H,5H2,1-4H3. The Hall–Kier alpha value is -3.07. The average Bonchev–Trinajstić information content (AvgIpc) is 3.02. The number of nitrogens with zero attached hydrogens (tertiary/aromatic N) is 4. The van der Waals surface area contributed by atoms with Gasteiger partial charge < -0.3 is 4.57 Å². The summed E-state index contributed by atoms with van der Waals surface area (Å²) in [5.74, 6) is 0.0728. The smallest absolute Gasteiger partial charge is 0.311 e. The van der Waals surface area contributed by atoms with Crippen molar-refractivity contribution in [1.82, 2.24) is 20.0 Å². The molecule has 2 N–H and O–H groups in total. The summed E-state index contributed by atoms with van der Waals surface area (Å²) in [6.07, 6.45) is -2.40. The summed E-state index contributed by atoms with van der Waals surface area (Å²) in [5, 5.41) is 9.37. The minimum Gasteiger partial charge on any atom is -0.311 e. The molecule has 0 saturated heterocycles. The van der Waals surface area contributed by atoms with E-state index >= 15 is 0 Å². The predicted octanol–water partition coefficient (Wildman–Crippen LogP) is 2.91. The van der Waals surface area contributed by atoms with E-state index in [0.717, 1.165) is 6.08 Å². The van der Waals surface area contributed by atoms with Crippen LogP contribution in [-0.2, 0) is 22.3 Å². The Bertz CT molecular complexity index is 1190. The zero-order valence-corrected chi connectivity index (χ0v) is 17.4. The van der Waals surface area contributed by atoms with Crippen LogP contribution in [0.4, 0.5) is 19.0 Å². The van der Waals surface area contributed by atoms with Crippen molar-refractivity contribution in [3.05, 3.63) is 29.2 Å². The maximum absolute atomic E-state index is 13.0. The first kappa shape index (κ1) is 21.6. The fourth-order valence-electron chi connectivity index (χ4n) is 2.84. The highest BCUT2D eigenvalue weighted by Crippen LogP contribution is 2.35. The number of imidazole rings is 1. The van der Waals surface area contributed by atoms with E-state index < -0.39 is 27.1 Å². The molecule has 12 heteroatoms. The number of hydrazine groups is 1. The van der Waals surface area contributed by atoms with Gasteiger partial charge in [-0.3, -0.25) is 15.8 Å². The van der Waals surface area contributed by atoms with Crippen LogP contribution in [0.3, 0.4) is 0 Å². The van der Waals surface area contributed by atoms with Gasteiger partial charge >= 0.3 is 6.18 Å². The molecule has 0 atom stereocenters. The second-order valence-electron chi connectivity index (χ2n) is 7.25. The lowest BCUT2D eigenvalue weighted by Crippen LogP contribution is -2.33. The van der Waals surface area contributed by atoms with Crippen molar-refractivity contribution < 1.29 is 21.6 Å². The number of anilines is 1. The van der Waals surface area contributed by atoms with E-state index in [2.05, 4.69) is 26.9 Å². The number of nitriles is 1. The minimum atomic E-state index is -4.61. The van der Waals surface area contributed by atoms with Gasteiger partial charge in [-0.25, -0.2) is 13.4 Å². The first-order valence-corrected chi connectivity index (χ1v) is 10.5. The van der Waals surface area contributed by atoms with Gasteiger partial charge in [0.1, 0.15) is 17.1 Å². The van der Waals surface area contributed by atoms with E-state index in [1.807, 2.05) is 0 Å². The molecular formula is C18H19F3N6O2S. The van der Waals surface area contributed by atoms with Crippen LogP contribution in [0.5, 0.6) is 0 Å². The van der Waals surface area contributed by atoms with Gasteiger partial charge in [0.15, 0.2) is 21.5 Å². The third-order valence-electron chi connectivity index (χ3n) is 4.80. The SMILES string of the molecule is CCS(=O)(=O)c1cc(C(C)(C)C#N)cnc1-c1nc2c(n1C)NNC(C(F)(F)F)=C2. The fraction of sp³-hybridized carbons (Fsp3) is 0.389. The maximum Gasteiger partial charge on any atom is 0.432 e. The van der Waals surface area contributed by atoms with E-state index in [9.17, 15) is 26.9 Å². The molecule has 0 aliphatic carbocycles. The third kappa shape index (κ3) is 3.60. The molecule has 160 valence electrons. The first-order chi connectivity index (χ1) is 13.8. The molecule has 0 aromatic carbocycles. The molecule has 3 rings (SSSR count). The van der Waals surface area contributed by atoms with Crippen molar-refractivity contribution in [1.29, 1.82) is 5.26 Å². The van der Waals surface area contributed by atoms with Crippen molar-refractivity contribution in [2.45, 2.75) is 37.3 Å². The quantitative estimate of drug-likeness (QED) is 0.752. The number of aromatic nitrogens is 3. The third-order valence-corrected chi connectivity index (χ3v) is 6.55. The molecule has 0 radical (unpaired) electrons. The number of fused-ring (bicyclic) bond motifs is 1. The second kappa shape index (κ2) is 7.02. The molecular weight excluding hydrogens is 421 g/mol. The van der Waals surface area contributed by atoms with Crippen LogP contribution in [0.25, 0.3) is 17.6 Å². The van der Waals surface area contributed by atoms with Crippen molar-refractivity contribution in [2.75, 3.05) is 11.2 Å². The lowest BCUT2D eigenvalue weighted by molar-refractivity contribution is -0.0951. The van der Waals surface area contributed by atoms with Crippen molar-refractivity contribution >= 4 is 21.7 Å². The molecule has 0 amide bonds. The summed E-state index contributed by atoms with van der Waals surface area (Å²) >= 11 is 0. The van der Waals surface area contributed by atoms with Gasteiger partial charge in [-0.15, -0.1) is 0 Å². The van der Waals surface area contributed by atoms with Crippen molar-refractivity contribution in [3.8, 4) is 17.6 Å². The number of nitrogens with one attached hydrogen (secondary N) is 2. The van der Waals surface area contributed by atoms with Crippen LogP contribution in [0, 0.1) is 11.3 Å². The molecule has 0 unspecified atom stereocenters. The van der Waals surface area contributed by atoms with E-state index in [1.165, 1.54) is 30.8 Å². The normalized spacial score (nSPS) is 14.3. The Labute approximate surface area is 171 Å². The molecule has 2 aromatic heterocycles. The zero-order chi connectivity index (χ0) is 22.5. The average molecular weight is 440 g/mol. The Kier molecular flexibility index (Phi) is 5.06. The van der Waals surface area contributed by atoms with Gasteiger partial charge in [0.2, 0.25) is 0 Å². The lowest BCUT2D eigenvalue weighted by atomic mass is 9.87. The summed E-state index contributed by atoms with van der Waals surface area (Å²) in [7, 11) is -2.25. The number of rotatable bonds is 4. The van der Waals surface area contributed by atoms with Crippen LogP contribution in [0.2, 0.25) is 0 Å². The Morgan fingerprint density at radius 2 is 1.93 bits per heavy atom. The number of hydrogen-bond donors (Lipinski definition) is 2. The maximum atomic E-state index is 13.0. The van der Waals surface area contributed by atoms with Gasteiger partial charge in [0.05, 0.1) is 22.1 Å². The van der Waals surface area contributed by atoms with E-state index in [-0.39, 0.29) is 33.7 Å². The van der Waals surface area contributed by atoms with E-state index in [0.29, 0.717) is 5.56 Å². The van der Waals surface area contributed by atoms with Crippen LogP contribution in [0.15, 0.2) is 22.9 Å². The molecule has 0 fully saturated rings. The Morgan fingerprint density at radius 1 is 1.27 bits per heavy atom. The summed E-state index contributed by atoms with van der Waals surface area (Å²) in [6.45, 7) is 4.73. The van der Waals surface area contributed by atoms with Gasteiger partial charge in [-0.1, -0.05) is 6.92 Å².